The van der Waals surface area contributed by atoms with Gasteiger partial charge in [0.05, 0.1) is 13.7 Å². The lowest BCUT2D eigenvalue weighted by Gasteiger charge is -2.22. The first-order valence-electron chi connectivity index (χ1n) is 8.64. The van der Waals surface area contributed by atoms with E-state index in [9.17, 15) is 0 Å². The van der Waals surface area contributed by atoms with E-state index in [0.717, 1.165) is 48.2 Å². The summed E-state index contributed by atoms with van der Waals surface area (Å²) >= 11 is 0. The van der Waals surface area contributed by atoms with E-state index >= 15 is 0 Å². The van der Waals surface area contributed by atoms with Gasteiger partial charge >= 0.3 is 0 Å². The van der Waals surface area contributed by atoms with E-state index in [-0.39, 0.29) is 6.47 Å². The molecule has 27 heavy (non-hydrogen) atoms. The van der Waals surface area contributed by atoms with Crippen LogP contribution in [0.5, 0.6) is 5.75 Å². The standard InChI is InChI=1S/C17H20N6O.CH2O2/c1-12-20-17(13-7-8-22-16(9-13)18-11-19-22)23(21-12)10-14-5-3-4-6-15(14)24-2;2-1-3/h3-6,11,13H,7-10H2,1-2H3;1H,(H,2,3). The van der Waals surface area contributed by atoms with Crippen LogP contribution in [0.3, 0.4) is 0 Å². The number of rotatable bonds is 4. The minimum atomic E-state index is -0.250. The second-order valence-corrected chi connectivity index (χ2v) is 6.18. The Morgan fingerprint density at radius 2 is 2.15 bits per heavy atom. The number of para-hydroxylation sites is 1. The Labute approximate surface area is 156 Å². The maximum Gasteiger partial charge on any atom is 0.290 e. The molecule has 9 heteroatoms. The average molecular weight is 370 g/mol. The molecule has 9 nitrogen and oxygen atoms in total. The Kier molecular flexibility index (Phi) is 5.80. The first-order valence-corrected chi connectivity index (χ1v) is 8.64. The SMILES string of the molecule is COc1ccccc1Cn1nc(C)nc1C1CCn2ncnc2C1.O=CO. The smallest absolute Gasteiger partial charge is 0.290 e. The van der Waals surface area contributed by atoms with Crippen LogP contribution in [0.1, 0.15) is 35.4 Å². The van der Waals surface area contributed by atoms with Crippen molar-refractivity contribution in [2.45, 2.75) is 38.8 Å². The van der Waals surface area contributed by atoms with Gasteiger partial charge in [0.2, 0.25) is 0 Å². The first-order chi connectivity index (χ1) is 13.2. The minimum Gasteiger partial charge on any atom is -0.496 e. The molecule has 0 bridgehead atoms. The van der Waals surface area contributed by atoms with E-state index in [1.54, 1.807) is 13.4 Å². The summed E-state index contributed by atoms with van der Waals surface area (Å²) in [6.07, 6.45) is 3.48. The molecule has 0 radical (unpaired) electrons. The predicted octanol–water partition coefficient (Wildman–Crippen LogP) is 1.67. The summed E-state index contributed by atoms with van der Waals surface area (Å²) in [6, 6.07) is 8.03. The molecule has 0 spiro atoms. The van der Waals surface area contributed by atoms with Crippen molar-refractivity contribution in [3.05, 3.63) is 53.6 Å². The number of carboxylic acid groups (broad SMARTS) is 1. The Morgan fingerprint density at radius 1 is 1.37 bits per heavy atom. The van der Waals surface area contributed by atoms with Gasteiger partial charge in [-0.1, -0.05) is 18.2 Å². The van der Waals surface area contributed by atoms with Gasteiger partial charge in [0, 0.05) is 24.4 Å². The molecule has 2 aromatic heterocycles. The Bertz CT molecular complexity index is 904. The van der Waals surface area contributed by atoms with Gasteiger partial charge in [0.25, 0.3) is 6.47 Å². The third-order valence-corrected chi connectivity index (χ3v) is 4.50. The summed E-state index contributed by atoms with van der Waals surface area (Å²) in [7, 11) is 1.69. The lowest BCUT2D eigenvalue weighted by molar-refractivity contribution is -0.122. The lowest BCUT2D eigenvalue weighted by atomic mass is 9.97. The fraction of sp³-hybridized carbons (Fsp3) is 0.389. The maximum atomic E-state index is 8.36. The zero-order chi connectivity index (χ0) is 19.2. The van der Waals surface area contributed by atoms with Gasteiger partial charge in [-0.15, -0.1) is 0 Å². The van der Waals surface area contributed by atoms with Crippen LogP contribution in [0.15, 0.2) is 30.6 Å². The molecule has 1 atom stereocenters. The number of aryl methyl sites for hydroxylation is 2. The molecule has 0 aliphatic carbocycles. The van der Waals surface area contributed by atoms with E-state index in [1.807, 2.05) is 34.5 Å². The van der Waals surface area contributed by atoms with Crippen LogP contribution in [0, 0.1) is 6.92 Å². The number of carbonyl (C=O) groups is 1. The number of aromatic nitrogens is 6. The van der Waals surface area contributed by atoms with E-state index in [2.05, 4.69) is 21.2 Å². The molecule has 142 valence electrons. The van der Waals surface area contributed by atoms with E-state index < -0.39 is 0 Å². The van der Waals surface area contributed by atoms with Crippen molar-refractivity contribution in [2.24, 2.45) is 0 Å². The third-order valence-electron chi connectivity index (χ3n) is 4.50. The number of ether oxygens (including phenoxy) is 1. The quantitative estimate of drug-likeness (QED) is 0.696. The first kappa shape index (κ1) is 18.6. The number of fused-ring (bicyclic) bond motifs is 1. The number of nitrogens with zero attached hydrogens (tertiary/aromatic N) is 6. The summed E-state index contributed by atoms with van der Waals surface area (Å²) in [5, 5.41) is 15.7. The molecule has 0 saturated carbocycles. The molecule has 1 aliphatic heterocycles. The summed E-state index contributed by atoms with van der Waals surface area (Å²) in [5.74, 6) is 4.04. The van der Waals surface area contributed by atoms with Gasteiger partial charge in [-0.25, -0.2) is 14.6 Å². The van der Waals surface area contributed by atoms with Crippen LogP contribution < -0.4 is 4.74 Å². The second-order valence-electron chi connectivity index (χ2n) is 6.18. The maximum absolute atomic E-state index is 8.36. The van der Waals surface area contributed by atoms with Crippen molar-refractivity contribution < 1.29 is 14.6 Å². The summed E-state index contributed by atoms with van der Waals surface area (Å²) in [6.45, 7) is 3.22. The van der Waals surface area contributed by atoms with Gasteiger partial charge in [0.1, 0.15) is 29.6 Å². The predicted molar refractivity (Wildman–Crippen MR) is 96.6 cm³/mol. The molecular weight excluding hydrogens is 348 g/mol. The number of hydrogen-bond donors (Lipinski definition) is 1. The van der Waals surface area contributed by atoms with E-state index in [4.69, 9.17) is 19.6 Å². The van der Waals surface area contributed by atoms with E-state index in [0.29, 0.717) is 12.5 Å². The topological polar surface area (TPSA) is 108 Å². The number of hydrogen-bond acceptors (Lipinski definition) is 6. The highest BCUT2D eigenvalue weighted by Crippen LogP contribution is 2.28. The number of methoxy groups -OCH3 is 1. The van der Waals surface area contributed by atoms with Crippen LogP contribution in [-0.2, 0) is 24.3 Å². The molecule has 3 aromatic rings. The largest absolute Gasteiger partial charge is 0.496 e. The van der Waals surface area contributed by atoms with Crippen molar-refractivity contribution in [2.75, 3.05) is 7.11 Å². The fourth-order valence-corrected chi connectivity index (χ4v) is 3.34. The third kappa shape index (κ3) is 4.13. The molecule has 0 saturated heterocycles. The van der Waals surface area contributed by atoms with Crippen LogP contribution >= 0.6 is 0 Å². The normalized spacial score (nSPS) is 15.4. The minimum absolute atomic E-state index is 0.250. The van der Waals surface area contributed by atoms with Gasteiger partial charge in [-0.05, 0) is 19.4 Å². The van der Waals surface area contributed by atoms with Crippen LogP contribution in [0.4, 0.5) is 0 Å². The summed E-state index contributed by atoms with van der Waals surface area (Å²) in [4.78, 5) is 17.4. The monoisotopic (exact) mass is 370 g/mol. The molecule has 1 aliphatic rings. The Morgan fingerprint density at radius 3 is 2.93 bits per heavy atom. The van der Waals surface area contributed by atoms with Gasteiger partial charge in [0.15, 0.2) is 0 Å². The van der Waals surface area contributed by atoms with Crippen LogP contribution in [0.25, 0.3) is 0 Å². The molecule has 4 rings (SSSR count). The molecule has 3 heterocycles. The molecule has 1 N–H and O–H groups in total. The molecule has 1 aromatic carbocycles. The van der Waals surface area contributed by atoms with Gasteiger partial charge in [-0.3, -0.25) is 9.48 Å². The van der Waals surface area contributed by atoms with Gasteiger partial charge in [-0.2, -0.15) is 10.2 Å². The van der Waals surface area contributed by atoms with E-state index in [1.165, 1.54) is 0 Å². The van der Waals surface area contributed by atoms with Crippen molar-refractivity contribution in [1.29, 1.82) is 0 Å². The molecule has 0 amide bonds. The lowest BCUT2D eigenvalue weighted by Crippen LogP contribution is -2.22. The zero-order valence-electron chi connectivity index (χ0n) is 15.3. The van der Waals surface area contributed by atoms with Crippen molar-refractivity contribution >= 4 is 6.47 Å². The van der Waals surface area contributed by atoms with Crippen molar-refractivity contribution in [3.63, 3.8) is 0 Å². The van der Waals surface area contributed by atoms with Crippen molar-refractivity contribution in [3.8, 4) is 5.75 Å². The molecule has 0 fully saturated rings. The molecular formula is C18H22N6O3. The molecule has 1 unspecified atom stereocenters. The van der Waals surface area contributed by atoms with Crippen molar-refractivity contribution in [1.82, 2.24) is 29.5 Å². The summed E-state index contributed by atoms with van der Waals surface area (Å²) < 4.78 is 9.44. The highest BCUT2D eigenvalue weighted by Gasteiger charge is 2.26. The fourth-order valence-electron chi connectivity index (χ4n) is 3.34. The van der Waals surface area contributed by atoms with Crippen LogP contribution in [-0.4, -0.2) is 48.2 Å². The van der Waals surface area contributed by atoms with Crippen LogP contribution in [0.2, 0.25) is 0 Å². The zero-order valence-corrected chi connectivity index (χ0v) is 15.3. The van der Waals surface area contributed by atoms with Gasteiger partial charge < -0.3 is 9.84 Å². The Balaban J connectivity index is 0.000000659. The summed E-state index contributed by atoms with van der Waals surface area (Å²) in [5.41, 5.74) is 1.10. The second kappa shape index (κ2) is 8.43. The number of benzene rings is 1. The highest BCUT2D eigenvalue weighted by atomic mass is 16.5. The Hall–Kier alpha value is -3.23. The highest BCUT2D eigenvalue weighted by molar-refractivity contribution is 5.33. The average Bonchev–Trinajstić information content (AvgIpc) is 3.28.